The van der Waals surface area contributed by atoms with E-state index in [0.717, 1.165) is 24.0 Å². The SMILES string of the molecule is CC(=O)N(CCC(=O)NCc1ccco1)c1ccc(F)c(F)c1F. The van der Waals surface area contributed by atoms with Gasteiger partial charge in [-0.3, -0.25) is 9.59 Å². The third kappa shape index (κ3) is 4.15. The highest BCUT2D eigenvalue weighted by molar-refractivity contribution is 5.92. The Labute approximate surface area is 136 Å². The van der Waals surface area contributed by atoms with E-state index in [-0.39, 0.29) is 19.5 Å². The molecule has 0 aliphatic carbocycles. The van der Waals surface area contributed by atoms with Gasteiger partial charge in [-0.2, -0.15) is 0 Å². The molecular weight excluding hydrogens is 325 g/mol. The number of rotatable bonds is 6. The molecule has 2 amide bonds. The van der Waals surface area contributed by atoms with Crippen LogP contribution < -0.4 is 10.2 Å². The van der Waals surface area contributed by atoms with Gasteiger partial charge in [0.2, 0.25) is 11.8 Å². The van der Waals surface area contributed by atoms with E-state index in [9.17, 15) is 22.8 Å². The molecule has 0 unspecified atom stereocenters. The van der Waals surface area contributed by atoms with E-state index in [1.165, 1.54) is 6.26 Å². The van der Waals surface area contributed by atoms with Gasteiger partial charge in [-0.05, 0) is 24.3 Å². The average Bonchev–Trinajstić information content (AvgIpc) is 3.06. The first-order valence-corrected chi connectivity index (χ1v) is 7.11. The Balaban J connectivity index is 2.00. The van der Waals surface area contributed by atoms with E-state index in [4.69, 9.17) is 4.42 Å². The van der Waals surface area contributed by atoms with Crippen LogP contribution in [0.25, 0.3) is 0 Å². The molecule has 1 aromatic carbocycles. The maximum atomic E-state index is 13.8. The van der Waals surface area contributed by atoms with Gasteiger partial charge in [0.15, 0.2) is 17.5 Å². The van der Waals surface area contributed by atoms with Crippen LogP contribution in [0, 0.1) is 17.5 Å². The molecule has 0 radical (unpaired) electrons. The number of hydrogen-bond donors (Lipinski definition) is 1. The molecule has 5 nitrogen and oxygen atoms in total. The van der Waals surface area contributed by atoms with Crippen molar-refractivity contribution >= 4 is 17.5 Å². The number of carbonyl (C=O) groups is 2. The van der Waals surface area contributed by atoms with Gasteiger partial charge >= 0.3 is 0 Å². The monoisotopic (exact) mass is 340 g/mol. The summed E-state index contributed by atoms with van der Waals surface area (Å²) in [6, 6.07) is 5.03. The molecule has 128 valence electrons. The lowest BCUT2D eigenvalue weighted by Crippen LogP contribution is -2.34. The zero-order valence-corrected chi connectivity index (χ0v) is 12.8. The van der Waals surface area contributed by atoms with Crippen molar-refractivity contribution in [1.82, 2.24) is 5.32 Å². The summed E-state index contributed by atoms with van der Waals surface area (Å²) in [7, 11) is 0. The van der Waals surface area contributed by atoms with Gasteiger partial charge in [0, 0.05) is 19.9 Å². The second-order valence-electron chi connectivity index (χ2n) is 4.97. The predicted molar refractivity (Wildman–Crippen MR) is 79.5 cm³/mol. The number of amides is 2. The molecule has 0 aliphatic heterocycles. The Morgan fingerprint density at radius 1 is 1.17 bits per heavy atom. The number of hydrogen-bond acceptors (Lipinski definition) is 3. The van der Waals surface area contributed by atoms with Crippen molar-refractivity contribution in [3.63, 3.8) is 0 Å². The molecule has 1 heterocycles. The molecule has 8 heteroatoms. The summed E-state index contributed by atoms with van der Waals surface area (Å²) in [5.74, 6) is -4.93. The second kappa shape index (κ2) is 7.67. The Kier molecular flexibility index (Phi) is 5.62. The third-order valence-electron chi connectivity index (χ3n) is 3.29. The molecule has 0 saturated carbocycles. The lowest BCUT2D eigenvalue weighted by atomic mass is 10.2. The molecule has 0 aliphatic rings. The summed E-state index contributed by atoms with van der Waals surface area (Å²) in [4.78, 5) is 24.3. The van der Waals surface area contributed by atoms with Gasteiger partial charge in [-0.15, -0.1) is 0 Å². The molecule has 0 saturated heterocycles. The fraction of sp³-hybridized carbons (Fsp3) is 0.250. The molecule has 0 spiro atoms. The van der Waals surface area contributed by atoms with Crippen molar-refractivity contribution in [2.24, 2.45) is 0 Å². The van der Waals surface area contributed by atoms with Crippen molar-refractivity contribution in [2.75, 3.05) is 11.4 Å². The highest BCUT2D eigenvalue weighted by atomic mass is 19.2. The fourth-order valence-electron chi connectivity index (χ4n) is 2.07. The van der Waals surface area contributed by atoms with Crippen molar-refractivity contribution in [2.45, 2.75) is 19.9 Å². The molecule has 2 aromatic rings. The largest absolute Gasteiger partial charge is 0.467 e. The highest BCUT2D eigenvalue weighted by Gasteiger charge is 2.21. The summed E-state index contributed by atoms with van der Waals surface area (Å²) >= 11 is 0. The number of nitrogens with zero attached hydrogens (tertiary/aromatic N) is 1. The topological polar surface area (TPSA) is 62.6 Å². The van der Waals surface area contributed by atoms with E-state index in [1.807, 2.05) is 0 Å². The molecule has 0 atom stereocenters. The Bertz CT molecular complexity index is 732. The first-order valence-electron chi connectivity index (χ1n) is 7.11. The summed E-state index contributed by atoms with van der Waals surface area (Å²) in [6.07, 6.45) is 1.32. The van der Waals surface area contributed by atoms with Gasteiger partial charge in [0.25, 0.3) is 0 Å². The molecular formula is C16H15F3N2O3. The lowest BCUT2D eigenvalue weighted by molar-refractivity contribution is -0.121. The number of carbonyl (C=O) groups excluding carboxylic acids is 2. The number of benzene rings is 1. The minimum absolute atomic E-state index is 0.140. The standard InChI is InChI=1S/C16H15F3N2O3/c1-10(22)21(13-5-4-12(17)15(18)16(13)19)7-6-14(23)20-9-11-3-2-8-24-11/h2-5,8H,6-7,9H2,1H3,(H,20,23). The summed E-state index contributed by atoms with van der Waals surface area (Å²) in [5, 5.41) is 2.57. The van der Waals surface area contributed by atoms with Gasteiger partial charge in [0.1, 0.15) is 5.76 Å². The van der Waals surface area contributed by atoms with Crippen molar-refractivity contribution < 1.29 is 27.2 Å². The summed E-state index contributed by atoms with van der Waals surface area (Å²) < 4.78 is 45.2. The number of anilines is 1. The van der Waals surface area contributed by atoms with Crippen LogP contribution in [0.1, 0.15) is 19.1 Å². The van der Waals surface area contributed by atoms with Crippen LogP contribution in [0.5, 0.6) is 0 Å². The van der Waals surface area contributed by atoms with Gasteiger partial charge in [0.05, 0.1) is 18.5 Å². The molecule has 0 fully saturated rings. The zero-order valence-electron chi connectivity index (χ0n) is 12.8. The number of halogens is 3. The van der Waals surface area contributed by atoms with Gasteiger partial charge < -0.3 is 14.6 Å². The van der Waals surface area contributed by atoms with Crippen LogP contribution in [0.2, 0.25) is 0 Å². The van der Waals surface area contributed by atoms with Crippen LogP contribution >= 0.6 is 0 Å². The Hall–Kier alpha value is -2.77. The van der Waals surface area contributed by atoms with Crippen molar-refractivity contribution in [1.29, 1.82) is 0 Å². The predicted octanol–water partition coefficient (Wildman–Crippen LogP) is 2.76. The Morgan fingerprint density at radius 3 is 2.54 bits per heavy atom. The van der Waals surface area contributed by atoms with Crippen LogP contribution in [0.3, 0.4) is 0 Å². The normalized spacial score (nSPS) is 10.5. The Morgan fingerprint density at radius 2 is 1.92 bits per heavy atom. The van der Waals surface area contributed by atoms with Crippen LogP contribution in [0.4, 0.5) is 18.9 Å². The average molecular weight is 340 g/mol. The molecule has 1 aromatic heterocycles. The maximum Gasteiger partial charge on any atom is 0.223 e. The molecule has 24 heavy (non-hydrogen) atoms. The van der Waals surface area contributed by atoms with Gasteiger partial charge in [-0.25, -0.2) is 13.2 Å². The number of nitrogens with one attached hydrogen (secondary N) is 1. The summed E-state index contributed by atoms with van der Waals surface area (Å²) in [6.45, 7) is 1.13. The minimum Gasteiger partial charge on any atom is -0.467 e. The molecule has 0 bridgehead atoms. The van der Waals surface area contributed by atoms with E-state index < -0.39 is 35.0 Å². The first-order chi connectivity index (χ1) is 11.4. The number of furan rings is 1. The molecule has 1 N–H and O–H groups in total. The van der Waals surface area contributed by atoms with E-state index >= 15 is 0 Å². The van der Waals surface area contributed by atoms with Crippen LogP contribution in [0.15, 0.2) is 34.9 Å². The highest BCUT2D eigenvalue weighted by Crippen LogP contribution is 2.24. The van der Waals surface area contributed by atoms with Crippen molar-refractivity contribution in [3.8, 4) is 0 Å². The maximum absolute atomic E-state index is 13.8. The van der Waals surface area contributed by atoms with E-state index in [1.54, 1.807) is 12.1 Å². The zero-order chi connectivity index (χ0) is 17.7. The summed E-state index contributed by atoms with van der Waals surface area (Å²) in [5.41, 5.74) is -0.416. The second-order valence-corrected chi connectivity index (χ2v) is 4.97. The van der Waals surface area contributed by atoms with Crippen LogP contribution in [-0.4, -0.2) is 18.4 Å². The van der Waals surface area contributed by atoms with Crippen LogP contribution in [-0.2, 0) is 16.1 Å². The smallest absolute Gasteiger partial charge is 0.223 e. The molecule has 2 rings (SSSR count). The van der Waals surface area contributed by atoms with E-state index in [2.05, 4.69) is 5.32 Å². The lowest BCUT2D eigenvalue weighted by Gasteiger charge is -2.21. The van der Waals surface area contributed by atoms with Gasteiger partial charge in [-0.1, -0.05) is 0 Å². The quantitative estimate of drug-likeness (QED) is 0.823. The fourth-order valence-corrected chi connectivity index (χ4v) is 2.07. The minimum atomic E-state index is -1.67. The van der Waals surface area contributed by atoms with Crippen molar-refractivity contribution in [3.05, 3.63) is 53.7 Å². The first kappa shape index (κ1) is 17.6. The third-order valence-corrected chi connectivity index (χ3v) is 3.29. The van der Waals surface area contributed by atoms with E-state index in [0.29, 0.717) is 5.76 Å².